The van der Waals surface area contributed by atoms with Gasteiger partial charge in [-0.05, 0) is 18.9 Å². The number of benzene rings is 2. The van der Waals surface area contributed by atoms with Crippen molar-refractivity contribution in [1.82, 2.24) is 15.5 Å². The first-order chi connectivity index (χ1) is 19.1. The maximum absolute atomic E-state index is 14.5. The Hall–Kier alpha value is -3.38. The summed E-state index contributed by atoms with van der Waals surface area (Å²) in [5.74, 6) is -1.77. The molecule has 3 heterocycles. The average Bonchev–Trinajstić information content (AvgIpc) is 3.43. The van der Waals surface area contributed by atoms with Crippen molar-refractivity contribution >= 4 is 11.9 Å². The number of urea groups is 1. The average molecular weight is 566 g/mol. The second-order valence-corrected chi connectivity index (χ2v) is 10.4. The van der Waals surface area contributed by atoms with Crippen molar-refractivity contribution < 1.29 is 41.4 Å². The molecule has 3 aliphatic rings. The zero-order valence-electron chi connectivity index (χ0n) is 21.9. The number of nitrogens with zero attached hydrogens (tertiary/aromatic N) is 1. The lowest BCUT2D eigenvalue weighted by Gasteiger charge is -2.50. The molecule has 2 aromatic carbocycles. The summed E-state index contributed by atoms with van der Waals surface area (Å²) in [6.45, 7) is 1.00. The summed E-state index contributed by atoms with van der Waals surface area (Å²) in [5, 5.41) is 5.75. The van der Waals surface area contributed by atoms with E-state index in [1.807, 2.05) is 0 Å². The summed E-state index contributed by atoms with van der Waals surface area (Å²) in [7, 11) is 0.873. The number of carbonyl (C=O) groups is 2. The summed E-state index contributed by atoms with van der Waals surface area (Å²) in [6.07, 6.45) is -4.27. The number of rotatable bonds is 6. The molecule has 216 valence electrons. The Bertz CT molecular complexity index is 1230. The second kappa shape index (κ2) is 10.9. The van der Waals surface area contributed by atoms with E-state index in [4.69, 9.17) is 14.2 Å². The van der Waals surface area contributed by atoms with Crippen molar-refractivity contribution in [2.45, 2.75) is 48.6 Å². The molecule has 0 radical (unpaired) electrons. The fourth-order valence-corrected chi connectivity index (χ4v) is 6.05. The van der Waals surface area contributed by atoms with E-state index >= 15 is 0 Å². The molecule has 3 saturated heterocycles. The van der Waals surface area contributed by atoms with Gasteiger partial charge in [-0.1, -0.05) is 36.4 Å². The number of hydrogen-bond acceptors (Lipinski definition) is 5. The summed E-state index contributed by atoms with van der Waals surface area (Å²) in [4.78, 5) is 27.2. The molecular weight excluding hydrogens is 534 g/mol. The fraction of sp³-hybridized carbons (Fsp3) is 0.500. The molecule has 0 unspecified atom stereocenters. The number of nitrogens with one attached hydrogen (secondary N) is 2. The van der Waals surface area contributed by atoms with Gasteiger partial charge in [-0.3, -0.25) is 4.79 Å². The molecule has 0 aromatic heterocycles. The standard InChI is InChI=1S/C28H31F4N3O5/c1-38-27(28(30,31)32,18-5-3-2-4-6-18)24(36)35-12-10-26(11-13-35)22(16-33-25(37)34-26)21-8-7-19(29)15-23(21)40-20-9-14-39-17-20/h2-8,15,20,22H,9-14,16-17H2,1H3,(H2,33,34,37)/t20-,22+,27-/m1/s1. The molecule has 3 aliphatic heterocycles. The number of amides is 3. The highest BCUT2D eigenvalue weighted by atomic mass is 19.4. The third kappa shape index (κ3) is 4.98. The van der Waals surface area contributed by atoms with Crippen molar-refractivity contribution in [3.63, 3.8) is 0 Å². The minimum absolute atomic E-state index is 0.0580. The molecule has 3 fully saturated rings. The van der Waals surface area contributed by atoms with Crippen LogP contribution in [0, 0.1) is 5.82 Å². The number of alkyl halides is 3. The largest absolute Gasteiger partial charge is 0.488 e. The first kappa shape index (κ1) is 28.2. The van der Waals surface area contributed by atoms with E-state index in [0.717, 1.165) is 12.0 Å². The molecule has 3 amide bonds. The van der Waals surface area contributed by atoms with Crippen LogP contribution in [0.4, 0.5) is 22.4 Å². The highest BCUT2D eigenvalue weighted by molar-refractivity contribution is 5.88. The number of carbonyl (C=O) groups excluding carboxylic acids is 2. The van der Waals surface area contributed by atoms with Gasteiger partial charge in [0, 0.05) is 56.3 Å². The van der Waals surface area contributed by atoms with Crippen LogP contribution in [0.2, 0.25) is 0 Å². The molecule has 0 bridgehead atoms. The number of methoxy groups -OCH3 is 1. The van der Waals surface area contributed by atoms with Gasteiger partial charge in [-0.2, -0.15) is 13.2 Å². The van der Waals surface area contributed by atoms with Gasteiger partial charge in [-0.15, -0.1) is 0 Å². The minimum atomic E-state index is -5.02. The minimum Gasteiger partial charge on any atom is -0.488 e. The van der Waals surface area contributed by atoms with E-state index in [2.05, 4.69) is 10.6 Å². The number of likely N-dealkylation sites (tertiary alicyclic amines) is 1. The van der Waals surface area contributed by atoms with Gasteiger partial charge in [0.2, 0.25) is 0 Å². The lowest BCUT2D eigenvalue weighted by atomic mass is 9.71. The van der Waals surface area contributed by atoms with Crippen LogP contribution in [0.1, 0.15) is 36.3 Å². The lowest BCUT2D eigenvalue weighted by molar-refractivity contribution is -0.270. The predicted molar refractivity (Wildman–Crippen MR) is 135 cm³/mol. The lowest BCUT2D eigenvalue weighted by Crippen LogP contribution is -2.67. The van der Waals surface area contributed by atoms with E-state index in [-0.39, 0.29) is 44.1 Å². The van der Waals surface area contributed by atoms with Gasteiger partial charge in [-0.25, -0.2) is 9.18 Å². The summed E-state index contributed by atoms with van der Waals surface area (Å²) in [6, 6.07) is 10.6. The smallest absolute Gasteiger partial charge is 0.430 e. The van der Waals surface area contributed by atoms with E-state index in [1.54, 1.807) is 12.1 Å². The predicted octanol–water partition coefficient (Wildman–Crippen LogP) is 3.86. The monoisotopic (exact) mass is 565 g/mol. The number of hydrogen-bond donors (Lipinski definition) is 2. The Labute approximate surface area is 228 Å². The molecule has 0 aliphatic carbocycles. The van der Waals surface area contributed by atoms with E-state index in [9.17, 15) is 27.2 Å². The van der Waals surface area contributed by atoms with Gasteiger partial charge in [0.05, 0.1) is 18.8 Å². The van der Waals surface area contributed by atoms with Crippen LogP contribution >= 0.6 is 0 Å². The van der Waals surface area contributed by atoms with Crippen LogP contribution in [0.5, 0.6) is 5.75 Å². The normalized spacial score (nSPS) is 24.2. The quantitative estimate of drug-likeness (QED) is 0.520. The molecule has 8 nitrogen and oxygen atoms in total. The van der Waals surface area contributed by atoms with E-state index in [1.165, 1.54) is 36.4 Å². The topological polar surface area (TPSA) is 89.1 Å². The van der Waals surface area contributed by atoms with Crippen molar-refractivity contribution in [1.29, 1.82) is 0 Å². The number of halogens is 4. The summed E-state index contributed by atoms with van der Waals surface area (Å²) in [5.41, 5.74) is -3.72. The van der Waals surface area contributed by atoms with Crippen molar-refractivity contribution in [3.05, 3.63) is 65.5 Å². The molecule has 1 spiro atoms. The van der Waals surface area contributed by atoms with Gasteiger partial charge in [0.15, 0.2) is 0 Å². The van der Waals surface area contributed by atoms with Crippen LogP contribution in [0.25, 0.3) is 0 Å². The van der Waals surface area contributed by atoms with Gasteiger partial charge < -0.3 is 29.7 Å². The molecule has 40 heavy (non-hydrogen) atoms. The molecule has 2 aromatic rings. The Morgan fingerprint density at radius 3 is 2.48 bits per heavy atom. The van der Waals surface area contributed by atoms with E-state index in [0.29, 0.717) is 30.9 Å². The Morgan fingerprint density at radius 2 is 1.85 bits per heavy atom. The van der Waals surface area contributed by atoms with Crippen molar-refractivity contribution in [2.24, 2.45) is 0 Å². The van der Waals surface area contributed by atoms with Crippen molar-refractivity contribution in [3.8, 4) is 5.75 Å². The highest BCUT2D eigenvalue weighted by Gasteiger charge is 2.64. The van der Waals surface area contributed by atoms with Gasteiger partial charge in [0.1, 0.15) is 17.7 Å². The van der Waals surface area contributed by atoms with Crippen LogP contribution in [0.3, 0.4) is 0 Å². The van der Waals surface area contributed by atoms with Crippen LogP contribution in [0.15, 0.2) is 48.5 Å². The van der Waals surface area contributed by atoms with Gasteiger partial charge in [0.25, 0.3) is 11.5 Å². The maximum atomic E-state index is 14.5. The summed E-state index contributed by atoms with van der Waals surface area (Å²) < 4.78 is 74.2. The van der Waals surface area contributed by atoms with E-state index < -0.39 is 41.0 Å². The van der Waals surface area contributed by atoms with Gasteiger partial charge >= 0.3 is 12.2 Å². The van der Waals surface area contributed by atoms with Crippen LogP contribution < -0.4 is 15.4 Å². The second-order valence-electron chi connectivity index (χ2n) is 10.4. The summed E-state index contributed by atoms with van der Waals surface area (Å²) >= 11 is 0. The first-order valence-corrected chi connectivity index (χ1v) is 13.2. The first-order valence-electron chi connectivity index (χ1n) is 13.2. The Morgan fingerprint density at radius 1 is 1.12 bits per heavy atom. The molecule has 0 saturated carbocycles. The van der Waals surface area contributed by atoms with Crippen LogP contribution in [-0.2, 0) is 19.9 Å². The molecule has 12 heteroatoms. The molecule has 5 rings (SSSR count). The third-order valence-corrected chi connectivity index (χ3v) is 8.16. The Balaban J connectivity index is 1.43. The number of ether oxygens (including phenoxy) is 3. The fourth-order valence-electron chi connectivity index (χ4n) is 6.05. The maximum Gasteiger partial charge on any atom is 0.430 e. The SMILES string of the molecule is CO[C@@](C(=O)N1CCC2(CC1)NC(=O)NC[C@H]2c1ccc(F)cc1O[C@@H]1CCOC1)(c1ccccc1)C(F)(F)F. The third-order valence-electron chi connectivity index (χ3n) is 8.16. The molecule has 2 N–H and O–H groups in total. The highest BCUT2D eigenvalue weighted by Crippen LogP contribution is 2.46. The van der Waals surface area contributed by atoms with Crippen LogP contribution in [-0.4, -0.2) is 74.6 Å². The number of piperidine rings is 1. The Kier molecular flexibility index (Phi) is 7.66. The molecular formula is C28H31F4N3O5. The molecule has 3 atom stereocenters. The zero-order valence-corrected chi connectivity index (χ0v) is 21.9. The zero-order chi connectivity index (χ0) is 28.5. The van der Waals surface area contributed by atoms with Crippen molar-refractivity contribution in [2.75, 3.05) is 40.0 Å².